The molecule has 0 amide bonds. The molecule has 1 aromatic rings. The summed E-state index contributed by atoms with van der Waals surface area (Å²) in [6.45, 7) is 6.68. The fourth-order valence-corrected chi connectivity index (χ4v) is 1.74. The number of aromatic nitrogens is 2. The van der Waals surface area contributed by atoms with Crippen molar-refractivity contribution in [1.29, 1.82) is 0 Å². The first-order chi connectivity index (χ1) is 8.28. The van der Waals surface area contributed by atoms with Crippen molar-refractivity contribution >= 4 is 0 Å². The fraction of sp³-hybridized carbons (Fsp3) is 0.818. The summed E-state index contributed by atoms with van der Waals surface area (Å²) in [6.07, 6.45) is 1.10. The van der Waals surface area contributed by atoms with E-state index >= 15 is 0 Å². The van der Waals surface area contributed by atoms with E-state index in [-0.39, 0.29) is 12.2 Å². The number of hydrogen-bond acceptors (Lipinski definition) is 6. The molecule has 17 heavy (non-hydrogen) atoms. The maximum absolute atomic E-state index is 5.70. The zero-order valence-electron chi connectivity index (χ0n) is 10.3. The molecule has 2 atom stereocenters. The van der Waals surface area contributed by atoms with E-state index in [0.29, 0.717) is 24.9 Å². The van der Waals surface area contributed by atoms with E-state index in [9.17, 15) is 0 Å². The van der Waals surface area contributed by atoms with Crippen LogP contribution in [0.1, 0.15) is 25.6 Å². The van der Waals surface area contributed by atoms with Crippen molar-refractivity contribution < 1.29 is 14.0 Å². The SMILES string of the molecule is CCc1nc(COCC2CNCC(C)O2)no1. The fourth-order valence-electron chi connectivity index (χ4n) is 1.74. The van der Waals surface area contributed by atoms with Gasteiger partial charge in [-0.2, -0.15) is 4.98 Å². The quantitative estimate of drug-likeness (QED) is 0.810. The monoisotopic (exact) mass is 241 g/mol. The van der Waals surface area contributed by atoms with Gasteiger partial charge in [-0.05, 0) is 6.92 Å². The summed E-state index contributed by atoms with van der Waals surface area (Å²) < 4.78 is 16.2. The Morgan fingerprint density at radius 2 is 2.35 bits per heavy atom. The number of rotatable bonds is 5. The summed E-state index contributed by atoms with van der Waals surface area (Å²) in [5, 5.41) is 7.11. The van der Waals surface area contributed by atoms with Gasteiger partial charge < -0.3 is 19.3 Å². The third kappa shape index (κ3) is 3.76. The molecule has 96 valence electrons. The molecule has 1 aliphatic heterocycles. The first kappa shape index (κ1) is 12.5. The highest BCUT2D eigenvalue weighted by molar-refractivity contribution is 4.83. The number of nitrogens with zero attached hydrogens (tertiary/aromatic N) is 2. The largest absolute Gasteiger partial charge is 0.371 e. The maximum atomic E-state index is 5.70. The van der Waals surface area contributed by atoms with Gasteiger partial charge in [0.15, 0.2) is 5.82 Å². The summed E-state index contributed by atoms with van der Waals surface area (Å²) >= 11 is 0. The summed E-state index contributed by atoms with van der Waals surface area (Å²) in [5.41, 5.74) is 0. The Balaban J connectivity index is 1.68. The Kier molecular flexibility index (Phi) is 4.47. The van der Waals surface area contributed by atoms with Crippen LogP contribution in [0.25, 0.3) is 0 Å². The van der Waals surface area contributed by atoms with E-state index in [0.717, 1.165) is 19.5 Å². The molecular formula is C11H19N3O3. The molecular weight excluding hydrogens is 222 g/mol. The van der Waals surface area contributed by atoms with Gasteiger partial charge in [0.2, 0.25) is 5.89 Å². The molecule has 2 heterocycles. The lowest BCUT2D eigenvalue weighted by Gasteiger charge is -2.28. The van der Waals surface area contributed by atoms with E-state index in [1.807, 2.05) is 13.8 Å². The molecule has 1 N–H and O–H groups in total. The Morgan fingerprint density at radius 1 is 1.47 bits per heavy atom. The van der Waals surface area contributed by atoms with Crippen molar-refractivity contribution in [2.24, 2.45) is 0 Å². The van der Waals surface area contributed by atoms with Gasteiger partial charge in [0, 0.05) is 19.5 Å². The van der Waals surface area contributed by atoms with Crippen molar-refractivity contribution in [1.82, 2.24) is 15.5 Å². The van der Waals surface area contributed by atoms with Crippen LogP contribution in [0.4, 0.5) is 0 Å². The highest BCUT2D eigenvalue weighted by Crippen LogP contribution is 2.05. The number of nitrogens with one attached hydrogen (secondary N) is 1. The smallest absolute Gasteiger partial charge is 0.226 e. The predicted octanol–water partition coefficient (Wildman–Crippen LogP) is 0.525. The Labute approximate surface area is 101 Å². The molecule has 1 aliphatic rings. The lowest BCUT2D eigenvalue weighted by atomic mass is 10.2. The molecule has 0 bridgehead atoms. The van der Waals surface area contributed by atoms with Crippen LogP contribution < -0.4 is 5.32 Å². The van der Waals surface area contributed by atoms with Gasteiger partial charge in [-0.3, -0.25) is 0 Å². The van der Waals surface area contributed by atoms with Gasteiger partial charge in [-0.1, -0.05) is 12.1 Å². The van der Waals surface area contributed by atoms with E-state index in [1.165, 1.54) is 0 Å². The molecule has 1 aromatic heterocycles. The van der Waals surface area contributed by atoms with Crippen LogP contribution in [0.5, 0.6) is 0 Å². The highest BCUT2D eigenvalue weighted by atomic mass is 16.5. The van der Waals surface area contributed by atoms with Gasteiger partial charge in [0.1, 0.15) is 6.61 Å². The molecule has 0 spiro atoms. The number of aryl methyl sites for hydroxylation is 1. The normalized spacial score (nSPS) is 25.1. The topological polar surface area (TPSA) is 69.4 Å². The molecule has 2 rings (SSSR count). The molecule has 6 heteroatoms. The van der Waals surface area contributed by atoms with Crippen molar-refractivity contribution in [2.75, 3.05) is 19.7 Å². The third-order valence-corrected chi connectivity index (χ3v) is 2.58. The Hall–Kier alpha value is -0.980. The first-order valence-electron chi connectivity index (χ1n) is 6.03. The summed E-state index contributed by atoms with van der Waals surface area (Å²) in [5.74, 6) is 1.24. The van der Waals surface area contributed by atoms with Crippen molar-refractivity contribution in [3.63, 3.8) is 0 Å². The molecule has 0 aromatic carbocycles. The predicted molar refractivity (Wildman–Crippen MR) is 60.5 cm³/mol. The second-order valence-corrected chi connectivity index (χ2v) is 4.20. The van der Waals surface area contributed by atoms with Gasteiger partial charge in [0.05, 0.1) is 18.8 Å². The molecule has 1 saturated heterocycles. The van der Waals surface area contributed by atoms with Crippen LogP contribution in [0.15, 0.2) is 4.52 Å². The molecule has 0 saturated carbocycles. The maximum Gasteiger partial charge on any atom is 0.226 e. The molecule has 1 fully saturated rings. The second-order valence-electron chi connectivity index (χ2n) is 4.20. The average Bonchev–Trinajstić information content (AvgIpc) is 2.77. The van der Waals surface area contributed by atoms with Crippen molar-refractivity contribution in [2.45, 2.75) is 39.1 Å². The van der Waals surface area contributed by atoms with E-state index < -0.39 is 0 Å². The van der Waals surface area contributed by atoms with Crippen LogP contribution in [-0.4, -0.2) is 42.0 Å². The number of morpholine rings is 1. The standard InChI is InChI=1S/C11H19N3O3/c1-3-11-13-10(14-17-11)7-15-6-9-5-12-4-8(2)16-9/h8-9,12H,3-7H2,1-2H3. The zero-order valence-corrected chi connectivity index (χ0v) is 10.3. The lowest BCUT2D eigenvalue weighted by Crippen LogP contribution is -2.45. The van der Waals surface area contributed by atoms with Crippen LogP contribution >= 0.6 is 0 Å². The average molecular weight is 241 g/mol. The highest BCUT2D eigenvalue weighted by Gasteiger charge is 2.18. The third-order valence-electron chi connectivity index (χ3n) is 2.58. The summed E-state index contributed by atoms with van der Waals surface area (Å²) in [6, 6.07) is 0. The van der Waals surface area contributed by atoms with Gasteiger partial charge in [-0.25, -0.2) is 0 Å². The van der Waals surface area contributed by atoms with Gasteiger partial charge in [-0.15, -0.1) is 0 Å². The Bertz CT molecular complexity index is 342. The summed E-state index contributed by atoms with van der Waals surface area (Å²) in [7, 11) is 0. The van der Waals surface area contributed by atoms with Gasteiger partial charge >= 0.3 is 0 Å². The van der Waals surface area contributed by atoms with E-state index in [1.54, 1.807) is 0 Å². The molecule has 0 aliphatic carbocycles. The minimum absolute atomic E-state index is 0.108. The summed E-state index contributed by atoms with van der Waals surface area (Å²) in [4.78, 5) is 4.17. The minimum atomic E-state index is 0.108. The molecule has 6 nitrogen and oxygen atoms in total. The first-order valence-corrected chi connectivity index (χ1v) is 6.03. The van der Waals surface area contributed by atoms with E-state index in [2.05, 4.69) is 15.5 Å². The molecule has 0 radical (unpaired) electrons. The second kappa shape index (κ2) is 6.09. The van der Waals surface area contributed by atoms with Crippen molar-refractivity contribution in [3.05, 3.63) is 11.7 Å². The lowest BCUT2D eigenvalue weighted by molar-refractivity contribution is -0.0725. The van der Waals surface area contributed by atoms with Crippen LogP contribution in [-0.2, 0) is 22.5 Å². The minimum Gasteiger partial charge on any atom is -0.371 e. The van der Waals surface area contributed by atoms with Crippen molar-refractivity contribution in [3.8, 4) is 0 Å². The molecule has 2 unspecified atom stereocenters. The van der Waals surface area contributed by atoms with Gasteiger partial charge in [0.25, 0.3) is 0 Å². The van der Waals surface area contributed by atoms with Crippen LogP contribution in [0, 0.1) is 0 Å². The van der Waals surface area contributed by atoms with E-state index in [4.69, 9.17) is 14.0 Å². The van der Waals surface area contributed by atoms with Crippen LogP contribution in [0.3, 0.4) is 0 Å². The van der Waals surface area contributed by atoms with Crippen LogP contribution in [0.2, 0.25) is 0 Å². The number of ether oxygens (including phenoxy) is 2. The Morgan fingerprint density at radius 3 is 3.06 bits per heavy atom. The zero-order chi connectivity index (χ0) is 12.1. The number of hydrogen-bond donors (Lipinski definition) is 1.